The van der Waals surface area contributed by atoms with E-state index in [-0.39, 0.29) is 0 Å². The lowest BCUT2D eigenvalue weighted by molar-refractivity contribution is 0.101. The van der Waals surface area contributed by atoms with Gasteiger partial charge in [-0.1, -0.05) is 20.8 Å². The molecule has 3 heteroatoms. The van der Waals surface area contributed by atoms with E-state index in [1.54, 1.807) is 0 Å². The largest absolute Gasteiger partial charge is 0.381 e. The van der Waals surface area contributed by atoms with Gasteiger partial charge in [0.05, 0.1) is 0 Å². The summed E-state index contributed by atoms with van der Waals surface area (Å²) in [6.45, 7) is 12.6. The molecule has 3 unspecified atom stereocenters. The lowest BCUT2D eigenvalue weighted by Crippen LogP contribution is -2.58. The van der Waals surface area contributed by atoms with Gasteiger partial charge in [0.1, 0.15) is 0 Å². The van der Waals surface area contributed by atoms with Crippen LogP contribution in [0.4, 0.5) is 0 Å². The molecule has 2 saturated heterocycles. The molecule has 2 fully saturated rings. The first-order valence-electron chi connectivity index (χ1n) is 7.75. The second-order valence-electron chi connectivity index (χ2n) is 6.33. The first kappa shape index (κ1) is 14.3. The van der Waals surface area contributed by atoms with Crippen molar-refractivity contribution in [1.82, 2.24) is 10.2 Å². The number of piperazine rings is 1. The van der Waals surface area contributed by atoms with Crippen LogP contribution in [-0.2, 0) is 4.74 Å². The molecule has 0 aromatic heterocycles. The van der Waals surface area contributed by atoms with Crippen LogP contribution in [0.25, 0.3) is 0 Å². The van der Waals surface area contributed by atoms with Gasteiger partial charge in [-0.2, -0.15) is 0 Å². The van der Waals surface area contributed by atoms with E-state index in [0.717, 1.165) is 31.1 Å². The van der Waals surface area contributed by atoms with Crippen LogP contribution in [0, 0.1) is 11.8 Å². The van der Waals surface area contributed by atoms with Crippen LogP contribution in [0.5, 0.6) is 0 Å². The number of hydrogen-bond donors (Lipinski definition) is 1. The highest BCUT2D eigenvalue weighted by Gasteiger charge is 2.28. The Kier molecular flexibility index (Phi) is 5.46. The van der Waals surface area contributed by atoms with E-state index in [4.69, 9.17) is 4.74 Å². The van der Waals surface area contributed by atoms with E-state index in [2.05, 4.69) is 31.0 Å². The molecule has 0 aromatic carbocycles. The summed E-state index contributed by atoms with van der Waals surface area (Å²) < 4.78 is 5.48. The molecule has 2 rings (SSSR count). The summed E-state index contributed by atoms with van der Waals surface area (Å²) in [7, 11) is 0. The molecule has 3 nitrogen and oxygen atoms in total. The van der Waals surface area contributed by atoms with Crippen molar-refractivity contribution in [1.29, 1.82) is 0 Å². The van der Waals surface area contributed by atoms with Crippen molar-refractivity contribution in [2.24, 2.45) is 11.8 Å². The number of rotatable bonds is 5. The summed E-state index contributed by atoms with van der Waals surface area (Å²) in [6.07, 6.45) is 3.86. The molecular weight excluding hydrogens is 224 g/mol. The van der Waals surface area contributed by atoms with Gasteiger partial charge in [0.15, 0.2) is 0 Å². The average Bonchev–Trinajstić information content (AvgIpc) is 2.89. The molecule has 0 radical (unpaired) electrons. The van der Waals surface area contributed by atoms with Gasteiger partial charge in [-0.25, -0.2) is 0 Å². The third-order valence-electron chi connectivity index (χ3n) is 4.69. The topological polar surface area (TPSA) is 24.5 Å². The standard InChI is InChI=1S/C15H30N2O/c1-4-14-9-16-15(12(2)3)10-17(14)7-5-13-6-8-18-11-13/h12-16H,4-11H2,1-3H3. The Morgan fingerprint density at radius 2 is 2.22 bits per heavy atom. The molecule has 18 heavy (non-hydrogen) atoms. The molecule has 0 saturated carbocycles. The Morgan fingerprint density at radius 3 is 2.83 bits per heavy atom. The SMILES string of the molecule is CCC1CNC(C(C)C)CN1CCC1CCOC1. The predicted octanol–water partition coefficient (Wildman–Crippen LogP) is 2.12. The van der Waals surface area contributed by atoms with Gasteiger partial charge in [0.25, 0.3) is 0 Å². The molecule has 2 aliphatic rings. The zero-order valence-corrected chi connectivity index (χ0v) is 12.3. The zero-order chi connectivity index (χ0) is 13.0. The molecule has 2 heterocycles. The predicted molar refractivity (Wildman–Crippen MR) is 75.8 cm³/mol. The molecule has 0 bridgehead atoms. The lowest BCUT2D eigenvalue weighted by atomic mass is 9.97. The van der Waals surface area contributed by atoms with E-state index in [0.29, 0.717) is 6.04 Å². The van der Waals surface area contributed by atoms with Gasteiger partial charge < -0.3 is 10.1 Å². The van der Waals surface area contributed by atoms with Crippen molar-refractivity contribution in [3.63, 3.8) is 0 Å². The van der Waals surface area contributed by atoms with E-state index in [9.17, 15) is 0 Å². The molecule has 0 aliphatic carbocycles. The fraction of sp³-hybridized carbons (Fsp3) is 1.00. The Balaban J connectivity index is 1.81. The fourth-order valence-corrected chi connectivity index (χ4v) is 3.17. The van der Waals surface area contributed by atoms with Crippen molar-refractivity contribution >= 4 is 0 Å². The van der Waals surface area contributed by atoms with Crippen molar-refractivity contribution in [2.45, 2.75) is 52.1 Å². The Labute approximate surface area is 112 Å². The maximum Gasteiger partial charge on any atom is 0.0495 e. The summed E-state index contributed by atoms with van der Waals surface area (Å²) in [5.41, 5.74) is 0. The van der Waals surface area contributed by atoms with E-state index >= 15 is 0 Å². The van der Waals surface area contributed by atoms with Crippen molar-refractivity contribution < 1.29 is 4.74 Å². The molecule has 2 aliphatic heterocycles. The van der Waals surface area contributed by atoms with Crippen LogP contribution in [0.2, 0.25) is 0 Å². The highest BCUT2D eigenvalue weighted by atomic mass is 16.5. The van der Waals surface area contributed by atoms with Crippen LogP contribution in [-0.4, -0.2) is 49.8 Å². The lowest BCUT2D eigenvalue weighted by Gasteiger charge is -2.42. The molecular formula is C15H30N2O. The summed E-state index contributed by atoms with van der Waals surface area (Å²) in [6, 6.07) is 1.41. The van der Waals surface area contributed by atoms with E-state index < -0.39 is 0 Å². The Hall–Kier alpha value is -0.120. The van der Waals surface area contributed by atoms with Crippen LogP contribution in [0.3, 0.4) is 0 Å². The normalized spacial score (nSPS) is 34.3. The Bertz CT molecular complexity index is 239. The molecule has 0 amide bonds. The van der Waals surface area contributed by atoms with Crippen molar-refractivity contribution in [3.8, 4) is 0 Å². The molecule has 106 valence electrons. The highest BCUT2D eigenvalue weighted by Crippen LogP contribution is 2.20. The average molecular weight is 254 g/mol. The van der Waals surface area contributed by atoms with Gasteiger partial charge in [-0.05, 0) is 37.6 Å². The minimum atomic E-state index is 0.674. The minimum absolute atomic E-state index is 0.674. The van der Waals surface area contributed by atoms with Crippen LogP contribution >= 0.6 is 0 Å². The maximum atomic E-state index is 5.48. The van der Waals surface area contributed by atoms with Gasteiger partial charge in [-0.15, -0.1) is 0 Å². The smallest absolute Gasteiger partial charge is 0.0495 e. The molecule has 3 atom stereocenters. The van der Waals surface area contributed by atoms with Gasteiger partial charge in [0.2, 0.25) is 0 Å². The quantitative estimate of drug-likeness (QED) is 0.813. The molecule has 0 spiro atoms. The summed E-state index contributed by atoms with van der Waals surface area (Å²) >= 11 is 0. The summed E-state index contributed by atoms with van der Waals surface area (Å²) in [5, 5.41) is 3.71. The van der Waals surface area contributed by atoms with Crippen LogP contribution in [0.15, 0.2) is 0 Å². The summed E-state index contributed by atoms with van der Waals surface area (Å²) in [4.78, 5) is 2.72. The van der Waals surface area contributed by atoms with Crippen molar-refractivity contribution in [2.75, 3.05) is 32.8 Å². The number of hydrogen-bond acceptors (Lipinski definition) is 3. The zero-order valence-electron chi connectivity index (χ0n) is 12.3. The first-order chi connectivity index (χ1) is 8.70. The second-order valence-corrected chi connectivity index (χ2v) is 6.33. The van der Waals surface area contributed by atoms with E-state index in [1.165, 1.54) is 38.9 Å². The van der Waals surface area contributed by atoms with Gasteiger partial charge in [-0.3, -0.25) is 4.90 Å². The van der Waals surface area contributed by atoms with Gasteiger partial charge >= 0.3 is 0 Å². The highest BCUT2D eigenvalue weighted by molar-refractivity contribution is 4.87. The molecule has 0 aromatic rings. The molecule has 1 N–H and O–H groups in total. The first-order valence-corrected chi connectivity index (χ1v) is 7.75. The number of ether oxygens (including phenoxy) is 1. The van der Waals surface area contributed by atoms with E-state index in [1.807, 2.05) is 0 Å². The maximum absolute atomic E-state index is 5.48. The van der Waals surface area contributed by atoms with Crippen molar-refractivity contribution in [3.05, 3.63) is 0 Å². The minimum Gasteiger partial charge on any atom is -0.381 e. The summed E-state index contributed by atoms with van der Waals surface area (Å²) in [5.74, 6) is 1.55. The van der Waals surface area contributed by atoms with Crippen LogP contribution in [0.1, 0.15) is 40.0 Å². The second kappa shape index (κ2) is 6.88. The number of nitrogens with zero attached hydrogens (tertiary/aromatic N) is 1. The third-order valence-corrected chi connectivity index (χ3v) is 4.69. The fourth-order valence-electron chi connectivity index (χ4n) is 3.17. The Morgan fingerprint density at radius 1 is 1.39 bits per heavy atom. The third kappa shape index (κ3) is 3.69. The van der Waals surface area contributed by atoms with Crippen LogP contribution < -0.4 is 5.32 Å². The number of nitrogens with one attached hydrogen (secondary N) is 1. The monoisotopic (exact) mass is 254 g/mol. The van der Waals surface area contributed by atoms with Gasteiger partial charge in [0, 0.05) is 38.4 Å².